The van der Waals surface area contributed by atoms with E-state index in [0.29, 0.717) is 18.2 Å². The summed E-state index contributed by atoms with van der Waals surface area (Å²) in [4.78, 5) is 0.175. The summed E-state index contributed by atoms with van der Waals surface area (Å²) in [5, 5.41) is 3.34. The van der Waals surface area contributed by atoms with Gasteiger partial charge >= 0.3 is 0 Å². The summed E-state index contributed by atoms with van der Waals surface area (Å²) in [5.74, 6) is 0.913. The van der Waals surface area contributed by atoms with Gasteiger partial charge in [0.15, 0.2) is 0 Å². The molecule has 1 atom stereocenters. The van der Waals surface area contributed by atoms with Gasteiger partial charge in [-0.05, 0) is 62.9 Å². The van der Waals surface area contributed by atoms with Crippen LogP contribution in [0.4, 0.5) is 0 Å². The van der Waals surface area contributed by atoms with Gasteiger partial charge in [-0.15, -0.1) is 12.4 Å². The number of piperidine rings is 1. The smallest absolute Gasteiger partial charge is 0.244 e. The van der Waals surface area contributed by atoms with Gasteiger partial charge in [0.1, 0.15) is 10.6 Å². The van der Waals surface area contributed by atoms with Crippen molar-refractivity contribution in [3.8, 4) is 5.75 Å². The van der Waals surface area contributed by atoms with E-state index in [0.717, 1.165) is 42.4 Å². The largest absolute Gasteiger partial charge is 0.495 e. The molecule has 0 bridgehead atoms. The van der Waals surface area contributed by atoms with Crippen LogP contribution in [0.2, 0.25) is 0 Å². The lowest BCUT2D eigenvalue weighted by molar-refractivity contribution is 0.358. The summed E-state index contributed by atoms with van der Waals surface area (Å²) in [7, 11) is -2.09. The molecule has 2 rings (SSSR count). The van der Waals surface area contributed by atoms with Crippen molar-refractivity contribution in [1.29, 1.82) is 0 Å². The number of rotatable bonds is 6. The van der Waals surface area contributed by atoms with Crippen molar-refractivity contribution in [2.75, 3.05) is 26.7 Å². The normalized spacial score (nSPS) is 18.3. The van der Waals surface area contributed by atoms with Crippen molar-refractivity contribution >= 4 is 38.4 Å². The maximum Gasteiger partial charge on any atom is 0.244 e. The summed E-state index contributed by atoms with van der Waals surface area (Å²) in [6, 6.07) is 3.32. The second kappa shape index (κ2) is 9.22. The molecule has 23 heavy (non-hydrogen) atoms. The lowest BCUT2D eigenvalue weighted by atomic mass is 9.96. The molecule has 0 aromatic heterocycles. The van der Waals surface area contributed by atoms with Gasteiger partial charge in [0.2, 0.25) is 10.0 Å². The van der Waals surface area contributed by atoms with E-state index in [2.05, 4.69) is 26.0 Å². The van der Waals surface area contributed by atoms with Gasteiger partial charge in [-0.3, -0.25) is 0 Å². The Kier molecular flexibility index (Phi) is 8.30. The summed E-state index contributed by atoms with van der Waals surface area (Å²) >= 11 is 3.38. The fourth-order valence-corrected chi connectivity index (χ4v) is 4.37. The maximum absolute atomic E-state index is 12.5. The van der Waals surface area contributed by atoms with Gasteiger partial charge in [0.05, 0.1) is 7.11 Å². The van der Waals surface area contributed by atoms with E-state index >= 15 is 0 Å². The van der Waals surface area contributed by atoms with Crippen LogP contribution in [0.15, 0.2) is 21.5 Å². The van der Waals surface area contributed by atoms with E-state index < -0.39 is 10.0 Å². The Balaban J connectivity index is 0.00000264. The fraction of sp³-hybridized carbons (Fsp3) is 0.600. The van der Waals surface area contributed by atoms with Gasteiger partial charge in [0.25, 0.3) is 0 Å². The van der Waals surface area contributed by atoms with Gasteiger partial charge in [0, 0.05) is 11.0 Å². The highest BCUT2D eigenvalue weighted by atomic mass is 79.9. The SMILES string of the molecule is COc1cc(C)c(Br)cc1S(=O)(=O)NCCC1CCCNC1.Cl. The zero-order chi connectivity index (χ0) is 16.2. The Morgan fingerprint density at radius 2 is 2.17 bits per heavy atom. The Morgan fingerprint density at radius 1 is 1.43 bits per heavy atom. The number of methoxy groups -OCH3 is 1. The third kappa shape index (κ3) is 5.60. The number of aryl methyl sites for hydroxylation is 1. The molecule has 1 aromatic carbocycles. The van der Waals surface area contributed by atoms with Crippen LogP contribution in [0, 0.1) is 12.8 Å². The number of hydrogen-bond donors (Lipinski definition) is 2. The molecule has 1 fully saturated rings. The molecule has 132 valence electrons. The van der Waals surface area contributed by atoms with Crippen molar-refractivity contribution in [2.45, 2.75) is 31.1 Å². The van der Waals surface area contributed by atoms with Crippen molar-refractivity contribution in [2.24, 2.45) is 5.92 Å². The van der Waals surface area contributed by atoms with Crippen LogP contribution in [0.5, 0.6) is 5.75 Å². The van der Waals surface area contributed by atoms with Crippen LogP contribution in [0.25, 0.3) is 0 Å². The lowest BCUT2D eigenvalue weighted by Gasteiger charge is -2.22. The molecule has 8 heteroatoms. The number of halogens is 2. The second-order valence-electron chi connectivity index (χ2n) is 5.65. The first-order valence-corrected chi connectivity index (χ1v) is 9.76. The minimum Gasteiger partial charge on any atom is -0.495 e. The molecule has 2 N–H and O–H groups in total. The topological polar surface area (TPSA) is 67.4 Å². The average molecular weight is 428 g/mol. The third-order valence-corrected chi connectivity index (χ3v) is 6.31. The van der Waals surface area contributed by atoms with Crippen molar-refractivity contribution in [3.05, 3.63) is 22.2 Å². The number of hydrogen-bond acceptors (Lipinski definition) is 4. The third-order valence-electron chi connectivity index (χ3n) is 3.98. The number of sulfonamides is 1. The number of benzene rings is 1. The molecular weight excluding hydrogens is 404 g/mol. The van der Waals surface area contributed by atoms with E-state index in [-0.39, 0.29) is 17.3 Å². The maximum atomic E-state index is 12.5. The highest BCUT2D eigenvalue weighted by Crippen LogP contribution is 2.30. The predicted octanol–water partition coefficient (Wildman–Crippen LogP) is 2.86. The average Bonchev–Trinajstić information content (AvgIpc) is 2.50. The van der Waals surface area contributed by atoms with Crippen molar-refractivity contribution in [1.82, 2.24) is 10.0 Å². The fourth-order valence-electron chi connectivity index (χ4n) is 2.65. The quantitative estimate of drug-likeness (QED) is 0.732. The molecule has 1 aliphatic rings. The van der Waals surface area contributed by atoms with Gasteiger partial charge in [-0.2, -0.15) is 0 Å². The molecule has 1 aromatic rings. The van der Waals surface area contributed by atoms with E-state index in [9.17, 15) is 8.42 Å². The highest BCUT2D eigenvalue weighted by Gasteiger charge is 2.21. The minimum absolute atomic E-state index is 0. The monoisotopic (exact) mass is 426 g/mol. The predicted molar refractivity (Wildman–Crippen MR) is 98.1 cm³/mol. The zero-order valence-corrected chi connectivity index (χ0v) is 16.6. The Labute approximate surface area is 153 Å². The Bertz CT molecular complexity index is 619. The van der Waals surface area contributed by atoms with Gasteiger partial charge < -0.3 is 10.1 Å². The molecule has 1 heterocycles. The Hall–Kier alpha value is -0.340. The summed E-state index contributed by atoms with van der Waals surface area (Å²) in [6.07, 6.45) is 3.17. The van der Waals surface area contributed by atoms with Crippen molar-refractivity contribution < 1.29 is 13.2 Å². The second-order valence-corrected chi connectivity index (χ2v) is 8.24. The molecule has 0 aliphatic carbocycles. The van der Waals surface area contributed by atoms with Crippen LogP contribution in [0.3, 0.4) is 0 Å². The first-order valence-electron chi connectivity index (χ1n) is 7.48. The van der Waals surface area contributed by atoms with E-state index in [1.165, 1.54) is 7.11 Å². The van der Waals surface area contributed by atoms with E-state index in [4.69, 9.17) is 4.74 Å². The summed E-state index contributed by atoms with van der Waals surface area (Å²) < 4.78 is 33.6. The molecule has 0 saturated carbocycles. The highest BCUT2D eigenvalue weighted by molar-refractivity contribution is 9.10. The van der Waals surface area contributed by atoms with Crippen LogP contribution < -0.4 is 14.8 Å². The van der Waals surface area contributed by atoms with E-state index in [1.54, 1.807) is 12.1 Å². The standard InChI is InChI=1S/C15H23BrN2O3S.ClH/c1-11-8-14(21-2)15(9-13(11)16)22(19,20)18-7-5-12-4-3-6-17-10-12;/h8-9,12,17-18H,3-7,10H2,1-2H3;1H. The van der Waals surface area contributed by atoms with Crippen LogP contribution in [-0.4, -0.2) is 35.2 Å². The summed E-state index contributed by atoms with van der Waals surface area (Å²) in [5.41, 5.74) is 0.934. The molecule has 0 amide bonds. The summed E-state index contributed by atoms with van der Waals surface area (Å²) in [6.45, 7) is 4.38. The molecule has 5 nitrogen and oxygen atoms in total. The minimum atomic E-state index is -3.57. The lowest BCUT2D eigenvalue weighted by Crippen LogP contribution is -2.33. The molecule has 0 spiro atoms. The van der Waals surface area contributed by atoms with Gasteiger partial charge in [-0.1, -0.05) is 15.9 Å². The molecular formula is C15H24BrClN2O3S. The van der Waals surface area contributed by atoms with Crippen molar-refractivity contribution in [3.63, 3.8) is 0 Å². The zero-order valence-electron chi connectivity index (χ0n) is 13.4. The first kappa shape index (κ1) is 20.7. The first-order chi connectivity index (χ1) is 10.4. The molecule has 0 radical (unpaired) electrons. The van der Waals surface area contributed by atoms with E-state index in [1.807, 2.05) is 6.92 Å². The molecule has 1 unspecified atom stereocenters. The van der Waals surface area contributed by atoms with Gasteiger partial charge in [-0.25, -0.2) is 13.1 Å². The van der Waals surface area contributed by atoms with Crippen LogP contribution in [0.1, 0.15) is 24.8 Å². The molecule has 1 aliphatic heterocycles. The number of ether oxygens (including phenoxy) is 1. The van der Waals surface area contributed by atoms with Crippen LogP contribution in [-0.2, 0) is 10.0 Å². The Morgan fingerprint density at radius 3 is 2.78 bits per heavy atom. The molecule has 1 saturated heterocycles. The van der Waals surface area contributed by atoms with Crippen LogP contribution >= 0.6 is 28.3 Å². The number of nitrogens with one attached hydrogen (secondary N) is 2.